The minimum absolute atomic E-state index is 0.0666. The van der Waals surface area contributed by atoms with Gasteiger partial charge in [0.1, 0.15) is 11.3 Å². The van der Waals surface area contributed by atoms with Crippen LogP contribution in [0.4, 0.5) is 5.13 Å². The van der Waals surface area contributed by atoms with Crippen molar-refractivity contribution in [1.29, 1.82) is 0 Å². The van der Waals surface area contributed by atoms with Gasteiger partial charge in [0.15, 0.2) is 0 Å². The average molecular weight is 494 g/mol. The maximum atomic E-state index is 10.5. The van der Waals surface area contributed by atoms with E-state index in [0.717, 1.165) is 35.2 Å². The van der Waals surface area contributed by atoms with Crippen LogP contribution in [0.2, 0.25) is 0 Å². The predicted molar refractivity (Wildman–Crippen MR) is 125 cm³/mol. The Morgan fingerprint density at radius 2 is 2.00 bits per heavy atom. The summed E-state index contributed by atoms with van der Waals surface area (Å²) < 4.78 is 35.7. The van der Waals surface area contributed by atoms with E-state index in [1.165, 1.54) is 23.7 Å². The zero-order valence-electron chi connectivity index (χ0n) is 17.3. The number of nitrogens with two attached hydrogens (primary N) is 1. The number of aryl methyl sites for hydroxylation is 1. The highest BCUT2D eigenvalue weighted by atomic mass is 32.2. The summed E-state index contributed by atoms with van der Waals surface area (Å²) in [6.07, 6.45) is 7.96. The minimum Gasteiger partial charge on any atom is -0.340 e. The SMILES string of the molecule is Cc1ccc(S(=O)(=O)O)cc1.NCCCN(Cc1nccs1)c1nc(-n2ccnc2)ns1. The molecule has 170 valence electrons. The molecule has 0 saturated heterocycles. The highest BCUT2D eigenvalue weighted by molar-refractivity contribution is 7.85. The van der Waals surface area contributed by atoms with E-state index in [1.54, 1.807) is 40.6 Å². The van der Waals surface area contributed by atoms with Gasteiger partial charge in [-0.05, 0) is 32.0 Å². The highest BCUT2D eigenvalue weighted by Gasteiger charge is 2.14. The summed E-state index contributed by atoms with van der Waals surface area (Å²) >= 11 is 3.02. The van der Waals surface area contributed by atoms with Gasteiger partial charge in [0, 0.05) is 42.0 Å². The van der Waals surface area contributed by atoms with Crippen molar-refractivity contribution in [2.24, 2.45) is 5.73 Å². The fourth-order valence-electron chi connectivity index (χ4n) is 2.55. The van der Waals surface area contributed by atoms with Gasteiger partial charge < -0.3 is 10.6 Å². The minimum atomic E-state index is -4.02. The fourth-order valence-corrected chi connectivity index (χ4v) is 4.35. The van der Waals surface area contributed by atoms with E-state index >= 15 is 0 Å². The molecular formula is C19H23N7O3S3. The van der Waals surface area contributed by atoms with E-state index in [-0.39, 0.29) is 4.90 Å². The molecule has 32 heavy (non-hydrogen) atoms. The predicted octanol–water partition coefficient (Wildman–Crippen LogP) is 2.78. The Hall–Kier alpha value is -2.71. The molecule has 0 bridgehead atoms. The van der Waals surface area contributed by atoms with Crippen LogP contribution >= 0.6 is 22.9 Å². The molecule has 3 heterocycles. The molecule has 3 N–H and O–H groups in total. The van der Waals surface area contributed by atoms with Gasteiger partial charge in [-0.2, -0.15) is 17.8 Å². The number of hydrogen-bond donors (Lipinski definition) is 2. The number of thiazole rings is 1. The second-order valence-electron chi connectivity index (χ2n) is 6.62. The van der Waals surface area contributed by atoms with Gasteiger partial charge in [-0.3, -0.25) is 9.12 Å². The molecule has 0 saturated carbocycles. The van der Waals surface area contributed by atoms with Crippen molar-refractivity contribution in [2.75, 3.05) is 18.0 Å². The van der Waals surface area contributed by atoms with Crippen molar-refractivity contribution in [1.82, 2.24) is 23.9 Å². The molecule has 0 aliphatic rings. The van der Waals surface area contributed by atoms with Gasteiger partial charge in [0.05, 0.1) is 11.4 Å². The lowest BCUT2D eigenvalue weighted by atomic mass is 10.2. The van der Waals surface area contributed by atoms with Crippen LogP contribution in [0.5, 0.6) is 0 Å². The molecule has 13 heteroatoms. The largest absolute Gasteiger partial charge is 0.340 e. The lowest BCUT2D eigenvalue weighted by molar-refractivity contribution is 0.483. The summed E-state index contributed by atoms with van der Waals surface area (Å²) in [5, 5.41) is 3.92. The smallest absolute Gasteiger partial charge is 0.294 e. The Kier molecular flexibility index (Phi) is 8.41. The monoisotopic (exact) mass is 493 g/mol. The van der Waals surface area contributed by atoms with Crippen molar-refractivity contribution < 1.29 is 13.0 Å². The topological polar surface area (TPSA) is 140 Å². The van der Waals surface area contributed by atoms with Crippen LogP contribution in [0.3, 0.4) is 0 Å². The molecule has 1 aromatic carbocycles. The van der Waals surface area contributed by atoms with E-state index < -0.39 is 10.1 Å². The molecule has 4 rings (SSSR count). The molecule has 0 amide bonds. The lowest BCUT2D eigenvalue weighted by Gasteiger charge is -2.19. The van der Waals surface area contributed by atoms with Crippen LogP contribution in [0.25, 0.3) is 5.95 Å². The summed E-state index contributed by atoms with van der Waals surface area (Å²) in [5.74, 6) is 0.643. The third kappa shape index (κ3) is 6.90. The molecule has 4 aromatic rings. The molecule has 3 aromatic heterocycles. The third-order valence-corrected chi connectivity index (χ3v) is 6.57. The molecule has 10 nitrogen and oxygen atoms in total. The van der Waals surface area contributed by atoms with Gasteiger partial charge in [-0.15, -0.1) is 11.3 Å². The molecule has 0 atom stereocenters. The van der Waals surface area contributed by atoms with Crippen LogP contribution in [0.15, 0.2) is 59.5 Å². The first-order valence-corrected chi connectivity index (χ1v) is 12.7. The van der Waals surface area contributed by atoms with E-state index in [9.17, 15) is 8.42 Å². The summed E-state index contributed by atoms with van der Waals surface area (Å²) in [6, 6.07) is 5.99. The third-order valence-electron chi connectivity index (χ3n) is 4.17. The van der Waals surface area contributed by atoms with E-state index in [0.29, 0.717) is 12.5 Å². The fraction of sp³-hybridized carbons (Fsp3) is 0.263. The number of aromatic nitrogens is 5. The van der Waals surface area contributed by atoms with E-state index in [4.69, 9.17) is 10.3 Å². The summed E-state index contributed by atoms with van der Waals surface area (Å²) in [4.78, 5) is 15.0. The Morgan fingerprint density at radius 1 is 1.22 bits per heavy atom. The van der Waals surface area contributed by atoms with Crippen LogP contribution < -0.4 is 10.6 Å². The number of nitrogens with zero attached hydrogens (tertiary/aromatic N) is 6. The Morgan fingerprint density at radius 3 is 2.59 bits per heavy atom. The van der Waals surface area contributed by atoms with Crippen molar-refractivity contribution in [3.05, 3.63) is 65.1 Å². The summed E-state index contributed by atoms with van der Waals surface area (Å²) in [7, 11) is -4.02. The van der Waals surface area contributed by atoms with Crippen molar-refractivity contribution in [3.63, 3.8) is 0 Å². The average Bonchev–Trinajstić information content (AvgIpc) is 3.53. The molecule has 0 aliphatic carbocycles. The number of hydrogen-bond acceptors (Lipinski definition) is 10. The van der Waals surface area contributed by atoms with Crippen molar-refractivity contribution >= 4 is 38.1 Å². The second kappa shape index (κ2) is 11.2. The first kappa shape index (κ1) is 23.9. The molecule has 0 spiro atoms. The van der Waals surface area contributed by atoms with Crippen LogP contribution in [-0.4, -0.2) is 50.0 Å². The molecule has 0 fully saturated rings. The van der Waals surface area contributed by atoms with E-state index in [2.05, 4.69) is 24.2 Å². The number of benzene rings is 1. The van der Waals surface area contributed by atoms with Gasteiger partial charge in [-0.1, -0.05) is 17.7 Å². The molecule has 0 aliphatic heterocycles. The van der Waals surface area contributed by atoms with Gasteiger partial charge in [0.25, 0.3) is 10.1 Å². The first-order valence-electron chi connectivity index (χ1n) is 9.56. The Bertz CT molecular complexity index is 1180. The van der Waals surface area contributed by atoms with Gasteiger partial charge >= 0.3 is 0 Å². The highest BCUT2D eigenvalue weighted by Crippen LogP contribution is 2.22. The van der Waals surface area contributed by atoms with Crippen molar-refractivity contribution in [2.45, 2.75) is 24.8 Å². The normalized spacial score (nSPS) is 11.1. The Balaban J connectivity index is 0.000000222. The standard InChI is InChI=1S/C12H15N7S2.C7H8O3S/c13-2-1-5-18(8-10-15-4-7-20-10)12-16-11(17-21-12)19-6-3-14-9-19;1-6-2-4-7(5-3-6)11(8,9)10/h3-4,6-7,9H,1-2,5,8,13H2;2-5H,1H3,(H,8,9,10). The van der Waals surface area contributed by atoms with Crippen LogP contribution in [0, 0.1) is 6.92 Å². The second-order valence-corrected chi connectivity index (χ2v) is 9.76. The quantitative estimate of drug-likeness (QED) is 0.354. The van der Waals surface area contributed by atoms with Crippen LogP contribution in [-0.2, 0) is 16.7 Å². The van der Waals surface area contributed by atoms with E-state index in [1.807, 2.05) is 24.7 Å². The maximum absolute atomic E-state index is 10.5. The maximum Gasteiger partial charge on any atom is 0.294 e. The summed E-state index contributed by atoms with van der Waals surface area (Å²) in [5.41, 5.74) is 6.58. The Labute approximate surface area is 194 Å². The number of anilines is 1. The lowest BCUT2D eigenvalue weighted by Crippen LogP contribution is -2.25. The van der Waals surface area contributed by atoms with Crippen molar-refractivity contribution in [3.8, 4) is 5.95 Å². The van der Waals surface area contributed by atoms with Crippen LogP contribution in [0.1, 0.15) is 17.0 Å². The number of imidazole rings is 1. The number of rotatable bonds is 8. The first-order chi connectivity index (χ1) is 15.4. The zero-order valence-corrected chi connectivity index (χ0v) is 19.7. The molecule has 0 unspecified atom stereocenters. The van der Waals surface area contributed by atoms with Gasteiger partial charge in [-0.25, -0.2) is 9.97 Å². The molecule has 0 radical (unpaired) electrons. The van der Waals surface area contributed by atoms with Gasteiger partial charge in [0.2, 0.25) is 11.1 Å². The zero-order chi connectivity index (χ0) is 23.0. The molecular weight excluding hydrogens is 470 g/mol. The summed E-state index contributed by atoms with van der Waals surface area (Å²) in [6.45, 7) is 4.07.